The summed E-state index contributed by atoms with van der Waals surface area (Å²) in [5.41, 5.74) is 4.12. The van der Waals surface area contributed by atoms with E-state index in [1.54, 1.807) is 24.3 Å². The summed E-state index contributed by atoms with van der Waals surface area (Å²) in [6.07, 6.45) is 0. The fourth-order valence-corrected chi connectivity index (χ4v) is 3.07. The lowest BCUT2D eigenvalue weighted by atomic mass is 10.1. The van der Waals surface area contributed by atoms with Gasteiger partial charge >= 0.3 is 0 Å². The number of nitrogens with one attached hydrogen (secondary N) is 2. The van der Waals surface area contributed by atoms with E-state index < -0.39 is 0 Å². The Hall–Kier alpha value is -2.70. The molecule has 0 aliphatic carbocycles. The molecular weight excluding hydrogens is 342 g/mol. The van der Waals surface area contributed by atoms with Gasteiger partial charge in [0.2, 0.25) is 5.91 Å². The van der Waals surface area contributed by atoms with Gasteiger partial charge in [0.1, 0.15) is 0 Å². The van der Waals surface area contributed by atoms with Gasteiger partial charge in [0.25, 0.3) is 5.91 Å². The Labute approximate surface area is 159 Å². The minimum absolute atomic E-state index is 0.0519. The predicted octanol–water partition coefficient (Wildman–Crippen LogP) is 2.83. The Balaban J connectivity index is 1.55. The molecule has 1 saturated heterocycles. The predicted molar refractivity (Wildman–Crippen MR) is 106 cm³/mol. The van der Waals surface area contributed by atoms with Crippen LogP contribution < -0.4 is 10.6 Å². The first-order valence-electron chi connectivity index (χ1n) is 9.10. The number of carbonyl (C=O) groups excluding carboxylic acids is 2. The van der Waals surface area contributed by atoms with E-state index >= 15 is 0 Å². The van der Waals surface area contributed by atoms with Crippen LogP contribution in [0.5, 0.6) is 0 Å². The zero-order chi connectivity index (χ0) is 19.2. The number of anilines is 2. The topological polar surface area (TPSA) is 70.7 Å². The van der Waals surface area contributed by atoms with Crippen molar-refractivity contribution in [3.63, 3.8) is 0 Å². The van der Waals surface area contributed by atoms with Crippen LogP contribution in [0, 0.1) is 13.8 Å². The van der Waals surface area contributed by atoms with Crippen molar-refractivity contribution in [2.24, 2.45) is 0 Å². The number of morpholine rings is 1. The molecule has 6 nitrogen and oxygen atoms in total. The van der Waals surface area contributed by atoms with E-state index in [4.69, 9.17) is 4.74 Å². The minimum Gasteiger partial charge on any atom is -0.379 e. The lowest BCUT2D eigenvalue weighted by molar-refractivity contribution is -0.118. The first kappa shape index (κ1) is 19.1. The van der Waals surface area contributed by atoms with E-state index in [-0.39, 0.29) is 11.8 Å². The van der Waals surface area contributed by atoms with Crippen LogP contribution in [0.25, 0.3) is 0 Å². The highest BCUT2D eigenvalue weighted by Gasteiger charge is 2.14. The van der Waals surface area contributed by atoms with Gasteiger partial charge in [-0.1, -0.05) is 17.7 Å². The normalized spacial score (nSPS) is 14.6. The van der Waals surface area contributed by atoms with Crippen LogP contribution in [0.1, 0.15) is 21.5 Å². The maximum Gasteiger partial charge on any atom is 0.255 e. The van der Waals surface area contributed by atoms with E-state index in [2.05, 4.69) is 15.5 Å². The van der Waals surface area contributed by atoms with Gasteiger partial charge in [0.15, 0.2) is 0 Å². The summed E-state index contributed by atoms with van der Waals surface area (Å²) < 4.78 is 5.28. The number of benzene rings is 2. The maximum absolute atomic E-state index is 12.4. The fourth-order valence-electron chi connectivity index (χ4n) is 3.07. The average molecular weight is 367 g/mol. The van der Waals surface area contributed by atoms with E-state index in [9.17, 15) is 9.59 Å². The van der Waals surface area contributed by atoms with Crippen molar-refractivity contribution in [2.75, 3.05) is 43.5 Å². The van der Waals surface area contributed by atoms with Gasteiger partial charge in [-0.15, -0.1) is 0 Å². The van der Waals surface area contributed by atoms with Crippen molar-refractivity contribution < 1.29 is 14.3 Å². The molecule has 2 aromatic carbocycles. The number of hydrogen-bond acceptors (Lipinski definition) is 4. The molecule has 2 N–H and O–H groups in total. The SMILES string of the molecule is Cc1ccc(C(=O)Nc2ccc(NC(=O)CN3CCOCC3)cc2)c(C)c1. The first-order valence-corrected chi connectivity index (χ1v) is 9.10. The minimum atomic E-state index is -0.142. The van der Waals surface area contributed by atoms with Crippen LogP contribution in [0.2, 0.25) is 0 Å². The summed E-state index contributed by atoms with van der Waals surface area (Å²) in [4.78, 5) is 26.6. The molecule has 2 amide bonds. The highest BCUT2D eigenvalue weighted by molar-refractivity contribution is 6.05. The Morgan fingerprint density at radius 3 is 2.22 bits per heavy atom. The summed E-state index contributed by atoms with van der Waals surface area (Å²) in [5, 5.41) is 5.77. The van der Waals surface area contributed by atoms with Crippen molar-refractivity contribution in [3.05, 3.63) is 59.2 Å². The molecule has 1 fully saturated rings. The number of hydrogen-bond donors (Lipinski definition) is 2. The highest BCUT2D eigenvalue weighted by atomic mass is 16.5. The highest BCUT2D eigenvalue weighted by Crippen LogP contribution is 2.17. The Kier molecular flexibility index (Phi) is 6.21. The fraction of sp³-hybridized carbons (Fsp3) is 0.333. The number of nitrogens with zero attached hydrogens (tertiary/aromatic N) is 1. The number of ether oxygens (including phenoxy) is 1. The molecule has 0 saturated carbocycles. The lowest BCUT2D eigenvalue weighted by Gasteiger charge is -2.25. The van der Waals surface area contributed by atoms with Gasteiger partial charge in [-0.3, -0.25) is 14.5 Å². The molecule has 1 aliphatic rings. The molecule has 3 rings (SSSR count). The van der Waals surface area contributed by atoms with E-state index in [1.165, 1.54) is 0 Å². The van der Waals surface area contributed by atoms with Crippen LogP contribution in [-0.4, -0.2) is 49.6 Å². The van der Waals surface area contributed by atoms with Crippen LogP contribution in [0.3, 0.4) is 0 Å². The summed E-state index contributed by atoms with van der Waals surface area (Å²) in [5.74, 6) is -0.194. The van der Waals surface area contributed by atoms with Crippen molar-refractivity contribution in [1.82, 2.24) is 4.90 Å². The second-order valence-electron chi connectivity index (χ2n) is 6.79. The molecule has 0 unspecified atom stereocenters. The smallest absolute Gasteiger partial charge is 0.255 e. The Morgan fingerprint density at radius 1 is 0.963 bits per heavy atom. The second kappa shape index (κ2) is 8.79. The molecular formula is C21H25N3O3. The summed E-state index contributed by atoms with van der Waals surface area (Å²) in [6.45, 7) is 7.17. The van der Waals surface area contributed by atoms with Gasteiger partial charge in [-0.2, -0.15) is 0 Å². The molecule has 6 heteroatoms. The molecule has 0 spiro atoms. The molecule has 142 valence electrons. The van der Waals surface area contributed by atoms with Gasteiger partial charge in [-0.25, -0.2) is 0 Å². The van der Waals surface area contributed by atoms with Gasteiger partial charge in [0.05, 0.1) is 19.8 Å². The zero-order valence-electron chi connectivity index (χ0n) is 15.7. The van der Waals surface area contributed by atoms with Crippen LogP contribution in [-0.2, 0) is 9.53 Å². The van der Waals surface area contributed by atoms with Gasteiger partial charge in [0, 0.05) is 30.0 Å². The molecule has 0 atom stereocenters. The Morgan fingerprint density at radius 2 is 1.59 bits per heavy atom. The standard InChI is InChI=1S/C21H25N3O3/c1-15-3-8-19(16(2)13-15)21(26)23-18-6-4-17(5-7-18)22-20(25)14-24-9-11-27-12-10-24/h3-8,13H,9-12,14H2,1-2H3,(H,22,25)(H,23,26). The molecule has 0 aromatic heterocycles. The number of aryl methyl sites for hydroxylation is 2. The van der Waals surface area contributed by atoms with Crippen LogP contribution >= 0.6 is 0 Å². The number of amides is 2. The second-order valence-corrected chi connectivity index (χ2v) is 6.79. The van der Waals surface area contributed by atoms with Crippen molar-refractivity contribution >= 4 is 23.2 Å². The summed E-state index contributed by atoms with van der Waals surface area (Å²) >= 11 is 0. The maximum atomic E-state index is 12.4. The zero-order valence-corrected chi connectivity index (χ0v) is 15.7. The quantitative estimate of drug-likeness (QED) is 0.853. The summed E-state index contributed by atoms with van der Waals surface area (Å²) in [7, 11) is 0. The molecule has 27 heavy (non-hydrogen) atoms. The van der Waals surface area contributed by atoms with Crippen molar-refractivity contribution in [1.29, 1.82) is 0 Å². The monoisotopic (exact) mass is 367 g/mol. The van der Waals surface area contributed by atoms with Gasteiger partial charge in [-0.05, 0) is 49.7 Å². The molecule has 1 aliphatic heterocycles. The van der Waals surface area contributed by atoms with Crippen LogP contribution in [0.4, 0.5) is 11.4 Å². The molecule has 2 aromatic rings. The van der Waals surface area contributed by atoms with Crippen molar-refractivity contribution in [2.45, 2.75) is 13.8 Å². The third-order valence-corrected chi connectivity index (χ3v) is 4.52. The third-order valence-electron chi connectivity index (χ3n) is 4.52. The van der Waals surface area contributed by atoms with Crippen molar-refractivity contribution in [3.8, 4) is 0 Å². The average Bonchev–Trinajstić information content (AvgIpc) is 2.64. The molecule has 1 heterocycles. The number of carbonyl (C=O) groups is 2. The van der Waals surface area contributed by atoms with Gasteiger partial charge < -0.3 is 15.4 Å². The molecule has 0 bridgehead atoms. The summed E-state index contributed by atoms with van der Waals surface area (Å²) in [6, 6.07) is 12.9. The van der Waals surface area contributed by atoms with E-state index in [1.807, 2.05) is 32.0 Å². The van der Waals surface area contributed by atoms with E-state index in [0.29, 0.717) is 36.7 Å². The first-order chi connectivity index (χ1) is 13.0. The number of rotatable bonds is 5. The largest absolute Gasteiger partial charge is 0.379 e. The van der Waals surface area contributed by atoms with Crippen LogP contribution in [0.15, 0.2) is 42.5 Å². The van der Waals surface area contributed by atoms with E-state index in [0.717, 1.165) is 24.2 Å². The third kappa shape index (κ3) is 5.39. The lowest BCUT2D eigenvalue weighted by Crippen LogP contribution is -2.41. The Bertz CT molecular complexity index is 812. The molecule has 0 radical (unpaired) electrons.